The average molecular weight is 219 g/mol. The molecule has 0 radical (unpaired) electrons. The van der Waals surface area contributed by atoms with E-state index in [2.05, 4.69) is 20.9 Å². The number of H-pyrrole nitrogens is 1. The summed E-state index contributed by atoms with van der Waals surface area (Å²) in [6.07, 6.45) is 1.33. The van der Waals surface area contributed by atoms with Gasteiger partial charge in [-0.1, -0.05) is 0 Å². The van der Waals surface area contributed by atoms with Crippen molar-refractivity contribution in [2.45, 2.75) is 0 Å². The van der Waals surface area contributed by atoms with Crippen LogP contribution in [0.3, 0.4) is 0 Å². The molecule has 0 bridgehead atoms. The van der Waals surface area contributed by atoms with E-state index < -0.39 is 16.0 Å². The number of hydrogen-bond donors (Lipinski definition) is 1. The first-order chi connectivity index (χ1) is 5.13. The van der Waals surface area contributed by atoms with Crippen LogP contribution in [0.15, 0.2) is 21.7 Å². The zero-order chi connectivity index (χ0) is 8.43. The molecule has 0 aliphatic carbocycles. The first-order valence-corrected chi connectivity index (χ1v) is 3.44. The molecular formula is C5H3BrN2O3. The lowest BCUT2D eigenvalue weighted by molar-refractivity contribution is -0.387. The number of aromatic nitrogens is 1. The highest BCUT2D eigenvalue weighted by Crippen LogP contribution is 2.15. The predicted molar refractivity (Wildman–Crippen MR) is 41.4 cm³/mol. The van der Waals surface area contributed by atoms with Gasteiger partial charge in [0, 0.05) is 12.3 Å². The summed E-state index contributed by atoms with van der Waals surface area (Å²) in [7, 11) is 0. The van der Waals surface area contributed by atoms with Crippen molar-refractivity contribution in [3.8, 4) is 0 Å². The molecule has 6 heteroatoms. The maximum atomic E-state index is 10.8. The van der Waals surface area contributed by atoms with Gasteiger partial charge in [-0.15, -0.1) is 0 Å². The fourth-order valence-electron chi connectivity index (χ4n) is 0.616. The van der Waals surface area contributed by atoms with Crippen LogP contribution < -0.4 is 5.43 Å². The molecular weight excluding hydrogens is 216 g/mol. The van der Waals surface area contributed by atoms with Gasteiger partial charge in [-0.25, -0.2) is 0 Å². The van der Waals surface area contributed by atoms with Gasteiger partial charge in [0.2, 0.25) is 0 Å². The Morgan fingerprint density at radius 2 is 2.27 bits per heavy atom. The summed E-state index contributed by atoms with van der Waals surface area (Å²) in [6, 6.07) is 1.10. The van der Waals surface area contributed by atoms with Crippen molar-refractivity contribution in [2.75, 3.05) is 0 Å². The fraction of sp³-hybridized carbons (Fsp3) is 0. The third-order valence-corrected chi connectivity index (χ3v) is 1.67. The van der Waals surface area contributed by atoms with Crippen molar-refractivity contribution in [3.05, 3.63) is 37.2 Å². The van der Waals surface area contributed by atoms with Crippen LogP contribution in [0.4, 0.5) is 5.69 Å². The van der Waals surface area contributed by atoms with Gasteiger partial charge in [-0.3, -0.25) is 14.9 Å². The summed E-state index contributed by atoms with van der Waals surface area (Å²) in [5, 5.41) is 10.2. The van der Waals surface area contributed by atoms with E-state index in [0.29, 0.717) is 0 Å². The second-order valence-corrected chi connectivity index (χ2v) is 2.55. The molecule has 1 rings (SSSR count). The van der Waals surface area contributed by atoms with Crippen molar-refractivity contribution in [1.29, 1.82) is 0 Å². The van der Waals surface area contributed by atoms with Crippen LogP contribution in [0.5, 0.6) is 0 Å². The molecule has 0 aromatic carbocycles. The third-order valence-electron chi connectivity index (χ3n) is 1.07. The van der Waals surface area contributed by atoms with E-state index >= 15 is 0 Å². The van der Waals surface area contributed by atoms with Crippen molar-refractivity contribution in [1.82, 2.24) is 4.98 Å². The highest BCUT2D eigenvalue weighted by atomic mass is 79.9. The molecule has 0 amide bonds. The Bertz CT molecular complexity index is 346. The van der Waals surface area contributed by atoms with Crippen molar-refractivity contribution < 1.29 is 4.92 Å². The number of nitrogens with one attached hydrogen (secondary N) is 1. The van der Waals surface area contributed by atoms with Crippen molar-refractivity contribution in [2.24, 2.45) is 0 Å². The smallest absolute Gasteiger partial charge is 0.346 e. The molecule has 0 fully saturated rings. The van der Waals surface area contributed by atoms with Crippen LogP contribution >= 0.6 is 15.9 Å². The second-order valence-electron chi connectivity index (χ2n) is 1.76. The van der Waals surface area contributed by atoms with Crippen molar-refractivity contribution in [3.63, 3.8) is 0 Å². The number of pyridine rings is 1. The summed E-state index contributed by atoms with van der Waals surface area (Å²) in [4.78, 5) is 22.8. The van der Waals surface area contributed by atoms with Gasteiger partial charge in [0.1, 0.15) is 0 Å². The minimum absolute atomic E-state index is 0.0926. The van der Waals surface area contributed by atoms with Gasteiger partial charge in [-0.2, -0.15) is 0 Å². The Hall–Kier alpha value is -1.17. The zero-order valence-corrected chi connectivity index (χ0v) is 6.79. The molecule has 1 aromatic rings. The van der Waals surface area contributed by atoms with Gasteiger partial charge in [0.15, 0.2) is 4.60 Å². The third kappa shape index (κ3) is 1.45. The van der Waals surface area contributed by atoms with Crippen LogP contribution in [0, 0.1) is 10.1 Å². The first-order valence-electron chi connectivity index (χ1n) is 2.64. The molecule has 1 aromatic heterocycles. The lowest BCUT2D eigenvalue weighted by Gasteiger charge is -1.91. The van der Waals surface area contributed by atoms with Gasteiger partial charge < -0.3 is 4.98 Å². The molecule has 0 saturated carbocycles. The minimum Gasteiger partial charge on any atom is -0.350 e. The van der Waals surface area contributed by atoms with E-state index in [-0.39, 0.29) is 4.60 Å². The van der Waals surface area contributed by atoms with Gasteiger partial charge >= 0.3 is 5.69 Å². The molecule has 0 saturated heterocycles. The van der Waals surface area contributed by atoms with E-state index in [1.165, 1.54) is 6.20 Å². The topological polar surface area (TPSA) is 76.0 Å². The highest BCUT2D eigenvalue weighted by Gasteiger charge is 2.15. The van der Waals surface area contributed by atoms with Crippen LogP contribution in [-0.2, 0) is 0 Å². The molecule has 0 aliphatic heterocycles. The van der Waals surface area contributed by atoms with Gasteiger partial charge in [0.05, 0.1) is 4.92 Å². The van der Waals surface area contributed by atoms with E-state index in [9.17, 15) is 14.9 Å². The van der Waals surface area contributed by atoms with Crippen LogP contribution in [0.1, 0.15) is 0 Å². The Labute approximate surface area is 69.3 Å². The van der Waals surface area contributed by atoms with Gasteiger partial charge in [-0.05, 0) is 15.9 Å². The zero-order valence-electron chi connectivity index (χ0n) is 5.20. The number of nitro groups is 1. The molecule has 1 N–H and O–H groups in total. The fourth-order valence-corrected chi connectivity index (χ4v) is 1.09. The molecule has 0 unspecified atom stereocenters. The predicted octanol–water partition coefficient (Wildman–Crippen LogP) is 1.05. The number of hydrogen-bond acceptors (Lipinski definition) is 3. The molecule has 0 spiro atoms. The standard InChI is InChI=1S/C5H3BrN2O3/c6-5-4(8(10)11)3(9)1-2-7-5/h1-2H,(H,7,9). The van der Waals surface area contributed by atoms with Crippen LogP contribution in [0.25, 0.3) is 0 Å². The summed E-state index contributed by atoms with van der Waals surface area (Å²) >= 11 is 2.85. The summed E-state index contributed by atoms with van der Waals surface area (Å²) in [5.74, 6) is 0. The maximum Gasteiger partial charge on any atom is 0.346 e. The largest absolute Gasteiger partial charge is 0.350 e. The Balaban J connectivity index is 3.45. The first kappa shape index (κ1) is 7.93. The Morgan fingerprint density at radius 3 is 2.64 bits per heavy atom. The number of nitrogens with zero attached hydrogens (tertiary/aromatic N) is 1. The molecule has 11 heavy (non-hydrogen) atoms. The Kier molecular flexibility index (Phi) is 2.04. The second kappa shape index (κ2) is 2.83. The summed E-state index contributed by atoms with van der Waals surface area (Å²) in [6.45, 7) is 0. The normalized spacial score (nSPS) is 9.55. The molecule has 58 valence electrons. The van der Waals surface area contributed by atoms with Crippen molar-refractivity contribution >= 4 is 21.6 Å². The quantitative estimate of drug-likeness (QED) is 0.435. The summed E-state index contributed by atoms with van der Waals surface area (Å²) < 4.78 is 0.0926. The minimum atomic E-state index is -0.733. The highest BCUT2D eigenvalue weighted by molar-refractivity contribution is 9.10. The van der Waals surface area contributed by atoms with E-state index in [1.54, 1.807) is 0 Å². The molecule has 5 nitrogen and oxygen atoms in total. The summed E-state index contributed by atoms with van der Waals surface area (Å²) in [5.41, 5.74) is -1.08. The molecule has 0 aliphatic rings. The van der Waals surface area contributed by atoms with E-state index in [0.717, 1.165) is 6.07 Å². The Morgan fingerprint density at radius 1 is 1.64 bits per heavy atom. The van der Waals surface area contributed by atoms with E-state index in [1.807, 2.05) is 0 Å². The van der Waals surface area contributed by atoms with Crippen LogP contribution in [0.2, 0.25) is 0 Å². The van der Waals surface area contributed by atoms with Crippen LogP contribution in [-0.4, -0.2) is 9.91 Å². The lowest BCUT2D eigenvalue weighted by Crippen LogP contribution is -2.07. The average Bonchev–Trinajstić information content (AvgIpc) is 1.85. The molecule has 1 heterocycles. The van der Waals surface area contributed by atoms with Gasteiger partial charge in [0.25, 0.3) is 5.43 Å². The molecule has 0 atom stereocenters. The maximum absolute atomic E-state index is 10.8. The number of halogens is 1. The lowest BCUT2D eigenvalue weighted by atomic mass is 10.4. The monoisotopic (exact) mass is 218 g/mol. The number of aromatic amines is 1. The SMILES string of the molecule is O=c1cc[nH]c(Br)c1[N+](=O)[O-]. The number of rotatable bonds is 1. The van der Waals surface area contributed by atoms with E-state index in [4.69, 9.17) is 0 Å².